The first-order valence-electron chi connectivity index (χ1n) is 7.16. The van der Waals surface area contributed by atoms with Crippen molar-refractivity contribution < 1.29 is 9.72 Å². The first-order valence-corrected chi connectivity index (χ1v) is 8.15. The van der Waals surface area contributed by atoms with Crippen molar-refractivity contribution in [3.05, 3.63) is 82.9 Å². The summed E-state index contributed by atoms with van der Waals surface area (Å²) in [6.07, 6.45) is 4.70. The second kappa shape index (κ2) is 8.69. The zero-order valence-electron chi connectivity index (χ0n) is 12.8. The Hall–Kier alpha value is -2.86. The maximum Gasteiger partial charge on any atom is 0.270 e. The maximum absolute atomic E-state index is 12.1. The van der Waals surface area contributed by atoms with Crippen molar-refractivity contribution in [2.24, 2.45) is 0 Å². The summed E-state index contributed by atoms with van der Waals surface area (Å²) < 4.78 is 0. The van der Waals surface area contributed by atoms with Crippen LogP contribution < -0.4 is 5.32 Å². The summed E-state index contributed by atoms with van der Waals surface area (Å²) in [4.78, 5) is 23.3. The Balaban J connectivity index is 2.07. The van der Waals surface area contributed by atoms with E-state index in [1.54, 1.807) is 36.0 Å². The van der Waals surface area contributed by atoms with E-state index in [0.717, 1.165) is 16.3 Å². The largest absolute Gasteiger partial charge is 0.321 e. The molecule has 0 heterocycles. The number of rotatable bonds is 7. The van der Waals surface area contributed by atoms with Crippen molar-refractivity contribution in [3.8, 4) is 0 Å². The first-order chi connectivity index (χ1) is 11.6. The number of benzene rings is 2. The summed E-state index contributed by atoms with van der Waals surface area (Å²) in [5.41, 5.74) is 1.30. The van der Waals surface area contributed by atoms with Gasteiger partial charge >= 0.3 is 0 Å². The van der Waals surface area contributed by atoms with E-state index in [-0.39, 0.29) is 11.6 Å². The molecule has 2 aromatic rings. The molecule has 1 amide bonds. The normalized spacial score (nSPS) is 10.5. The van der Waals surface area contributed by atoms with Gasteiger partial charge in [-0.1, -0.05) is 30.3 Å². The Morgan fingerprint density at radius 1 is 1.25 bits per heavy atom. The van der Waals surface area contributed by atoms with Crippen LogP contribution in [0.3, 0.4) is 0 Å². The fourth-order valence-corrected chi connectivity index (χ4v) is 2.68. The number of carbonyl (C=O) groups is 1. The molecule has 0 fully saturated rings. The molecule has 2 aromatic carbocycles. The van der Waals surface area contributed by atoms with E-state index < -0.39 is 4.92 Å². The van der Waals surface area contributed by atoms with E-state index in [9.17, 15) is 14.9 Å². The predicted molar refractivity (Wildman–Crippen MR) is 98.1 cm³/mol. The van der Waals surface area contributed by atoms with Crippen LogP contribution in [-0.2, 0) is 4.79 Å². The number of nitrogens with one attached hydrogen (secondary N) is 1. The van der Waals surface area contributed by atoms with Crippen molar-refractivity contribution in [1.82, 2.24) is 0 Å². The number of hydrogen-bond donors (Lipinski definition) is 1. The minimum atomic E-state index is -0.468. The van der Waals surface area contributed by atoms with Crippen LogP contribution in [0.5, 0.6) is 0 Å². The van der Waals surface area contributed by atoms with Crippen molar-refractivity contribution in [2.75, 3.05) is 11.1 Å². The quantitative estimate of drug-likeness (QED) is 0.264. The number of carbonyl (C=O) groups excluding carboxylic acids is 1. The fourth-order valence-electron chi connectivity index (χ4n) is 1.93. The molecule has 6 heteroatoms. The van der Waals surface area contributed by atoms with Crippen LogP contribution in [0, 0.1) is 10.1 Å². The van der Waals surface area contributed by atoms with Gasteiger partial charge in [-0.2, -0.15) is 0 Å². The lowest BCUT2D eigenvalue weighted by atomic mass is 10.2. The molecule has 24 heavy (non-hydrogen) atoms. The van der Waals surface area contributed by atoms with E-state index >= 15 is 0 Å². The molecule has 0 bridgehead atoms. The molecule has 0 aliphatic carbocycles. The fraction of sp³-hybridized carbons (Fsp3) is 0.0556. The molecular weight excluding hydrogens is 324 g/mol. The van der Waals surface area contributed by atoms with Gasteiger partial charge in [-0.15, -0.1) is 18.3 Å². The van der Waals surface area contributed by atoms with Gasteiger partial charge in [0.2, 0.25) is 5.91 Å². The average Bonchev–Trinajstić information content (AvgIpc) is 2.59. The van der Waals surface area contributed by atoms with Gasteiger partial charge in [-0.3, -0.25) is 14.9 Å². The van der Waals surface area contributed by atoms with Crippen molar-refractivity contribution in [2.45, 2.75) is 4.90 Å². The third kappa shape index (κ3) is 5.10. The summed E-state index contributed by atoms with van der Waals surface area (Å²) in [5.74, 6) is 0.448. The molecule has 5 nitrogen and oxygen atoms in total. The highest BCUT2D eigenvalue weighted by atomic mass is 32.2. The molecule has 0 saturated carbocycles. The van der Waals surface area contributed by atoms with Gasteiger partial charge in [0.05, 0.1) is 10.6 Å². The molecule has 2 rings (SSSR count). The van der Waals surface area contributed by atoms with Crippen LogP contribution in [0.2, 0.25) is 0 Å². The van der Waals surface area contributed by atoms with E-state index in [0.29, 0.717) is 5.56 Å². The molecule has 0 saturated heterocycles. The highest BCUT2D eigenvalue weighted by Gasteiger charge is 2.06. The van der Waals surface area contributed by atoms with Gasteiger partial charge in [-0.25, -0.2) is 0 Å². The molecule has 0 atom stereocenters. The van der Waals surface area contributed by atoms with Gasteiger partial charge in [0.15, 0.2) is 0 Å². The van der Waals surface area contributed by atoms with Gasteiger partial charge in [-0.05, 0) is 23.8 Å². The van der Waals surface area contributed by atoms with E-state index in [1.165, 1.54) is 18.2 Å². The Labute approximate surface area is 144 Å². The molecule has 0 aliphatic heterocycles. The molecule has 0 radical (unpaired) electrons. The number of anilines is 1. The summed E-state index contributed by atoms with van der Waals surface area (Å²) in [7, 11) is 0. The molecule has 0 unspecified atom stereocenters. The van der Waals surface area contributed by atoms with Crippen LogP contribution >= 0.6 is 11.8 Å². The van der Waals surface area contributed by atoms with Crippen molar-refractivity contribution in [3.63, 3.8) is 0 Å². The summed E-state index contributed by atoms with van der Waals surface area (Å²) in [6.45, 7) is 3.68. The average molecular weight is 340 g/mol. The van der Waals surface area contributed by atoms with Gasteiger partial charge in [0.1, 0.15) is 0 Å². The molecule has 0 aromatic heterocycles. The third-order valence-corrected chi connectivity index (χ3v) is 4.08. The van der Waals surface area contributed by atoms with Crippen LogP contribution in [0.1, 0.15) is 5.56 Å². The van der Waals surface area contributed by atoms with Crippen LogP contribution in [0.25, 0.3) is 6.08 Å². The topological polar surface area (TPSA) is 72.2 Å². The Bertz CT molecular complexity index is 787. The maximum atomic E-state index is 12.1. The monoisotopic (exact) mass is 340 g/mol. The highest BCUT2D eigenvalue weighted by molar-refractivity contribution is 7.99. The molecular formula is C18H16N2O3S. The Morgan fingerprint density at radius 3 is 2.79 bits per heavy atom. The number of nitro benzene ring substituents is 1. The van der Waals surface area contributed by atoms with Crippen molar-refractivity contribution in [1.29, 1.82) is 0 Å². The lowest BCUT2D eigenvalue weighted by Crippen LogP contribution is -2.08. The Morgan fingerprint density at radius 2 is 2.04 bits per heavy atom. The van der Waals surface area contributed by atoms with E-state index in [2.05, 4.69) is 11.9 Å². The minimum Gasteiger partial charge on any atom is -0.321 e. The van der Waals surface area contributed by atoms with E-state index in [1.807, 2.05) is 24.3 Å². The Kier molecular flexibility index (Phi) is 6.33. The minimum absolute atomic E-state index is 0.0104. The van der Waals surface area contributed by atoms with Gasteiger partial charge in [0.25, 0.3) is 5.69 Å². The lowest BCUT2D eigenvalue weighted by Gasteiger charge is -2.08. The molecule has 1 N–H and O–H groups in total. The lowest BCUT2D eigenvalue weighted by molar-refractivity contribution is -0.384. The zero-order chi connectivity index (χ0) is 17.4. The van der Waals surface area contributed by atoms with E-state index in [4.69, 9.17) is 0 Å². The first kappa shape index (κ1) is 17.5. The number of nitrogens with zero attached hydrogens (tertiary/aromatic N) is 1. The molecule has 0 spiro atoms. The zero-order valence-corrected chi connectivity index (χ0v) is 13.7. The summed E-state index contributed by atoms with van der Waals surface area (Å²) in [6, 6.07) is 13.6. The number of nitro groups is 1. The second-order valence-corrected chi connectivity index (χ2v) is 5.83. The van der Waals surface area contributed by atoms with Gasteiger partial charge < -0.3 is 5.32 Å². The van der Waals surface area contributed by atoms with Crippen LogP contribution in [-0.4, -0.2) is 16.6 Å². The standard InChI is InChI=1S/C18H16N2O3S/c1-2-12-24-17-9-4-3-8-16(17)19-18(21)11-10-14-6-5-7-15(13-14)20(22)23/h2-11,13H,1,12H2,(H,19,21)/b11-10+. The smallest absolute Gasteiger partial charge is 0.270 e. The summed E-state index contributed by atoms with van der Waals surface area (Å²) in [5, 5.41) is 13.6. The predicted octanol–water partition coefficient (Wildman–Crippen LogP) is 4.52. The highest BCUT2D eigenvalue weighted by Crippen LogP contribution is 2.27. The number of thioether (sulfide) groups is 1. The van der Waals surface area contributed by atoms with Crippen molar-refractivity contribution >= 4 is 35.1 Å². The number of amides is 1. The van der Waals surface area contributed by atoms with Crippen LogP contribution in [0.4, 0.5) is 11.4 Å². The third-order valence-electron chi connectivity index (χ3n) is 3.01. The SMILES string of the molecule is C=CCSc1ccccc1NC(=O)/C=C/c1cccc([N+](=O)[O-])c1. The van der Waals surface area contributed by atoms with Gasteiger partial charge in [0, 0.05) is 28.9 Å². The van der Waals surface area contributed by atoms with Crippen LogP contribution in [0.15, 0.2) is 72.2 Å². The summed E-state index contributed by atoms with van der Waals surface area (Å²) >= 11 is 1.58. The number of para-hydroxylation sites is 1. The number of non-ortho nitro benzene ring substituents is 1. The molecule has 0 aliphatic rings. The second-order valence-electron chi connectivity index (χ2n) is 4.77. The number of hydrogen-bond acceptors (Lipinski definition) is 4. The molecule has 122 valence electrons.